The molecule has 0 saturated heterocycles. The minimum absolute atomic E-state index is 0.0307. The van der Waals surface area contributed by atoms with Crippen LogP contribution in [0.15, 0.2) is 67.0 Å². The van der Waals surface area contributed by atoms with Crippen molar-refractivity contribution in [3.8, 4) is 11.5 Å². The maximum Gasteiger partial charge on any atom is 0.312 e. The molecule has 0 fully saturated rings. The number of pyridine rings is 1. The van der Waals surface area contributed by atoms with Gasteiger partial charge in [0.2, 0.25) is 0 Å². The minimum Gasteiger partial charge on any atom is -0.455 e. The molecule has 0 unspecified atom stereocenters. The van der Waals surface area contributed by atoms with Crippen LogP contribution in [-0.4, -0.2) is 25.6 Å². The predicted molar refractivity (Wildman–Crippen MR) is 127 cm³/mol. The zero-order chi connectivity index (χ0) is 24.2. The van der Waals surface area contributed by atoms with Crippen LogP contribution in [0.4, 0.5) is 11.4 Å². The van der Waals surface area contributed by atoms with Crippen molar-refractivity contribution in [2.75, 3.05) is 5.32 Å². The Kier molecular flexibility index (Phi) is 6.35. The number of carbonyl (C=O) groups is 1. The lowest BCUT2D eigenvalue weighted by Crippen LogP contribution is -2.12. The van der Waals surface area contributed by atoms with Gasteiger partial charge in [-0.1, -0.05) is 12.1 Å². The van der Waals surface area contributed by atoms with Crippen LogP contribution in [-0.2, 0) is 6.54 Å². The fraction of sp³-hybridized carbons (Fsp3) is 0.160. The fourth-order valence-electron chi connectivity index (χ4n) is 3.62. The van der Waals surface area contributed by atoms with Crippen LogP contribution in [0.2, 0.25) is 0 Å². The number of hydrogen-bond donors (Lipinski definition) is 1. The summed E-state index contributed by atoms with van der Waals surface area (Å²) in [5, 5.41) is 18.4. The van der Waals surface area contributed by atoms with Gasteiger partial charge in [0.1, 0.15) is 22.9 Å². The number of nitrogens with zero attached hydrogens (tertiary/aromatic N) is 4. The molecule has 0 aliphatic rings. The van der Waals surface area contributed by atoms with Gasteiger partial charge in [-0.15, -0.1) is 0 Å². The zero-order valence-corrected chi connectivity index (χ0v) is 19.0. The molecule has 4 rings (SSSR count). The first-order valence-corrected chi connectivity index (χ1v) is 10.6. The Balaban J connectivity index is 1.42. The summed E-state index contributed by atoms with van der Waals surface area (Å²) in [6.45, 7) is 5.57. The molecule has 0 aliphatic heterocycles. The molecule has 172 valence electrons. The standard InChI is InChI=1S/C25H23N5O4/c1-16-13-21(10-11-23(16)34-22-5-4-12-26-14-22)27-25(31)20-8-6-19(7-9-20)15-29-18(3)24(30(32)33)17(2)28-29/h4-14H,15H2,1-3H3,(H,27,31). The molecule has 2 aromatic carbocycles. The molecule has 0 atom stereocenters. The van der Waals surface area contributed by atoms with Gasteiger partial charge in [0.15, 0.2) is 0 Å². The minimum atomic E-state index is -0.416. The molecular weight excluding hydrogens is 434 g/mol. The molecule has 2 heterocycles. The predicted octanol–water partition coefficient (Wildman–Crippen LogP) is 5.20. The van der Waals surface area contributed by atoms with Gasteiger partial charge in [0, 0.05) is 17.4 Å². The van der Waals surface area contributed by atoms with Crippen molar-refractivity contribution in [3.05, 3.63) is 105 Å². The second-order valence-electron chi connectivity index (χ2n) is 7.86. The van der Waals surface area contributed by atoms with Crippen LogP contribution in [0.3, 0.4) is 0 Å². The number of nitrogens with one attached hydrogen (secondary N) is 1. The Morgan fingerprint density at radius 1 is 1.12 bits per heavy atom. The summed E-state index contributed by atoms with van der Waals surface area (Å²) in [6.07, 6.45) is 3.31. The van der Waals surface area contributed by atoms with Gasteiger partial charge in [-0.3, -0.25) is 24.6 Å². The smallest absolute Gasteiger partial charge is 0.312 e. The van der Waals surface area contributed by atoms with Crippen molar-refractivity contribution in [1.82, 2.24) is 14.8 Å². The summed E-state index contributed by atoms with van der Waals surface area (Å²) < 4.78 is 7.42. The first kappa shape index (κ1) is 22.7. The Morgan fingerprint density at radius 3 is 2.50 bits per heavy atom. The van der Waals surface area contributed by atoms with Gasteiger partial charge in [0.25, 0.3) is 5.91 Å². The summed E-state index contributed by atoms with van der Waals surface area (Å²) in [4.78, 5) is 27.5. The van der Waals surface area contributed by atoms with Gasteiger partial charge in [-0.05, 0) is 74.4 Å². The van der Waals surface area contributed by atoms with Crippen molar-refractivity contribution in [2.24, 2.45) is 0 Å². The van der Waals surface area contributed by atoms with Crippen molar-refractivity contribution in [2.45, 2.75) is 27.3 Å². The molecule has 1 N–H and O–H groups in total. The summed E-state index contributed by atoms with van der Waals surface area (Å²) in [6, 6.07) is 16.1. The van der Waals surface area contributed by atoms with Gasteiger partial charge >= 0.3 is 5.69 Å². The highest BCUT2D eigenvalue weighted by Crippen LogP contribution is 2.27. The lowest BCUT2D eigenvalue weighted by molar-refractivity contribution is -0.386. The number of nitro groups is 1. The molecule has 2 aromatic heterocycles. The first-order chi connectivity index (χ1) is 16.3. The van der Waals surface area contributed by atoms with Gasteiger partial charge in [-0.25, -0.2) is 0 Å². The maximum absolute atomic E-state index is 12.7. The lowest BCUT2D eigenvalue weighted by atomic mass is 10.1. The molecule has 4 aromatic rings. The van der Waals surface area contributed by atoms with E-state index in [1.165, 1.54) is 0 Å². The molecular formula is C25H23N5O4. The zero-order valence-electron chi connectivity index (χ0n) is 19.0. The van der Waals surface area contributed by atoms with Crippen molar-refractivity contribution in [3.63, 3.8) is 0 Å². The van der Waals surface area contributed by atoms with E-state index in [0.29, 0.717) is 40.7 Å². The normalized spacial score (nSPS) is 10.7. The van der Waals surface area contributed by atoms with Crippen molar-refractivity contribution < 1.29 is 14.5 Å². The Hall–Kier alpha value is -4.53. The van der Waals surface area contributed by atoms with E-state index in [1.54, 1.807) is 61.3 Å². The van der Waals surface area contributed by atoms with Crippen LogP contribution < -0.4 is 10.1 Å². The van der Waals surface area contributed by atoms with Gasteiger partial charge < -0.3 is 10.1 Å². The van der Waals surface area contributed by atoms with E-state index in [2.05, 4.69) is 15.4 Å². The number of benzene rings is 2. The van der Waals surface area contributed by atoms with Crippen LogP contribution in [0.1, 0.15) is 32.9 Å². The van der Waals surface area contributed by atoms with Crippen LogP contribution >= 0.6 is 0 Å². The average molecular weight is 457 g/mol. The third kappa shape index (κ3) is 4.93. The highest BCUT2D eigenvalue weighted by atomic mass is 16.6. The quantitative estimate of drug-likeness (QED) is 0.301. The topological polar surface area (TPSA) is 112 Å². The largest absolute Gasteiger partial charge is 0.455 e. The molecule has 9 nitrogen and oxygen atoms in total. The lowest BCUT2D eigenvalue weighted by Gasteiger charge is -2.11. The SMILES string of the molecule is Cc1cc(NC(=O)c2ccc(Cn3nc(C)c([N+](=O)[O-])c3C)cc2)ccc1Oc1cccnc1. The molecule has 0 saturated carbocycles. The summed E-state index contributed by atoms with van der Waals surface area (Å²) >= 11 is 0. The number of aryl methyl sites for hydroxylation is 2. The number of amides is 1. The number of hydrogen-bond acceptors (Lipinski definition) is 6. The Morgan fingerprint density at radius 2 is 1.88 bits per heavy atom. The van der Waals surface area contributed by atoms with Gasteiger partial charge in [0.05, 0.1) is 17.7 Å². The highest BCUT2D eigenvalue weighted by molar-refractivity contribution is 6.04. The summed E-state index contributed by atoms with van der Waals surface area (Å²) in [5.41, 5.74) is 3.81. The van der Waals surface area contributed by atoms with E-state index in [4.69, 9.17) is 4.74 Å². The van der Waals surface area contributed by atoms with Crippen molar-refractivity contribution >= 4 is 17.3 Å². The van der Waals surface area contributed by atoms with E-state index in [9.17, 15) is 14.9 Å². The Labute approximate surface area is 196 Å². The fourth-order valence-corrected chi connectivity index (χ4v) is 3.62. The third-order valence-corrected chi connectivity index (χ3v) is 5.37. The molecule has 0 bridgehead atoms. The molecule has 9 heteroatoms. The van der Waals surface area contributed by atoms with Gasteiger partial charge in [-0.2, -0.15) is 5.10 Å². The Bertz CT molecular complexity index is 1350. The summed E-state index contributed by atoms with van der Waals surface area (Å²) in [7, 11) is 0. The molecule has 0 aliphatic carbocycles. The van der Waals surface area contributed by atoms with Crippen molar-refractivity contribution in [1.29, 1.82) is 0 Å². The molecule has 0 radical (unpaired) electrons. The maximum atomic E-state index is 12.7. The van der Waals surface area contributed by atoms with Crippen LogP contribution in [0, 0.1) is 30.9 Å². The molecule has 0 spiro atoms. The van der Waals surface area contributed by atoms with E-state index >= 15 is 0 Å². The number of ether oxygens (including phenoxy) is 1. The van der Waals surface area contributed by atoms with E-state index in [-0.39, 0.29) is 11.6 Å². The second-order valence-corrected chi connectivity index (χ2v) is 7.86. The number of anilines is 1. The second kappa shape index (κ2) is 9.53. The van der Waals surface area contributed by atoms with E-state index in [1.807, 2.05) is 31.2 Å². The number of carbonyl (C=O) groups excluding carboxylic acids is 1. The highest BCUT2D eigenvalue weighted by Gasteiger charge is 2.21. The number of aromatic nitrogens is 3. The third-order valence-electron chi connectivity index (χ3n) is 5.37. The molecule has 34 heavy (non-hydrogen) atoms. The molecule has 1 amide bonds. The number of rotatable bonds is 7. The van der Waals surface area contributed by atoms with Crippen LogP contribution in [0.5, 0.6) is 11.5 Å². The monoisotopic (exact) mass is 457 g/mol. The van der Waals surface area contributed by atoms with Crippen LogP contribution in [0.25, 0.3) is 0 Å². The van der Waals surface area contributed by atoms with E-state index < -0.39 is 4.92 Å². The van der Waals surface area contributed by atoms with E-state index in [0.717, 1.165) is 11.1 Å². The summed E-state index contributed by atoms with van der Waals surface area (Å²) in [5.74, 6) is 1.07. The average Bonchev–Trinajstić information content (AvgIpc) is 3.09. The first-order valence-electron chi connectivity index (χ1n) is 10.6.